The largest absolute Gasteiger partial charge is 0.490 e. The molecule has 0 aliphatic rings. The number of aromatic nitrogens is 1. The Morgan fingerprint density at radius 1 is 1.62 bits per heavy atom. The minimum atomic E-state index is 0.464. The molecule has 1 aromatic heterocycles. The highest BCUT2D eigenvalue weighted by atomic mass is 32.2. The molecule has 2 N–H and O–H groups in total. The van der Waals surface area contributed by atoms with Crippen LogP contribution in [0.15, 0.2) is 18.3 Å². The van der Waals surface area contributed by atoms with E-state index in [4.69, 9.17) is 10.5 Å². The summed E-state index contributed by atoms with van der Waals surface area (Å²) in [6.45, 7) is 0.705. The summed E-state index contributed by atoms with van der Waals surface area (Å²) in [4.78, 5) is 3.93. The van der Waals surface area contributed by atoms with E-state index >= 15 is 0 Å². The predicted molar refractivity (Wildman–Crippen MR) is 57.1 cm³/mol. The smallest absolute Gasteiger partial charge is 0.166 e. The van der Waals surface area contributed by atoms with E-state index in [1.165, 1.54) is 0 Å². The van der Waals surface area contributed by atoms with Crippen LogP contribution in [0.2, 0.25) is 0 Å². The normalized spacial score (nSPS) is 9.92. The van der Waals surface area contributed by atoms with Crippen molar-refractivity contribution >= 4 is 17.6 Å². The summed E-state index contributed by atoms with van der Waals surface area (Å²) in [5.41, 5.74) is 5.59. The number of hydrogen-bond acceptors (Lipinski definition) is 4. The average Bonchev–Trinajstić information content (AvgIpc) is 2.15. The lowest BCUT2D eigenvalue weighted by molar-refractivity contribution is 0.319. The molecule has 1 aromatic rings. The maximum absolute atomic E-state index is 5.59. The summed E-state index contributed by atoms with van der Waals surface area (Å²) in [5, 5.41) is 0. The summed E-state index contributed by atoms with van der Waals surface area (Å²) >= 11 is 1.81. The Morgan fingerprint density at radius 2 is 2.46 bits per heavy atom. The molecule has 0 saturated heterocycles. The van der Waals surface area contributed by atoms with Gasteiger partial charge in [0.25, 0.3) is 0 Å². The van der Waals surface area contributed by atoms with Crippen molar-refractivity contribution in [2.75, 3.05) is 24.3 Å². The minimum absolute atomic E-state index is 0.464. The summed E-state index contributed by atoms with van der Waals surface area (Å²) in [6, 6.07) is 3.65. The van der Waals surface area contributed by atoms with Crippen molar-refractivity contribution in [2.24, 2.45) is 0 Å². The van der Waals surface area contributed by atoms with Gasteiger partial charge in [0.1, 0.15) is 0 Å². The van der Waals surface area contributed by atoms with Crippen LogP contribution in [0.4, 0.5) is 5.82 Å². The zero-order valence-corrected chi connectivity index (χ0v) is 8.51. The number of nitrogens with two attached hydrogens (primary N) is 1. The first-order valence-electron chi connectivity index (χ1n) is 4.17. The Labute approximate surface area is 82.7 Å². The lowest BCUT2D eigenvalue weighted by atomic mass is 10.4. The summed E-state index contributed by atoms with van der Waals surface area (Å²) in [5.74, 6) is 2.26. The van der Waals surface area contributed by atoms with Crippen LogP contribution < -0.4 is 10.5 Å². The maximum Gasteiger partial charge on any atom is 0.166 e. The van der Waals surface area contributed by atoms with Gasteiger partial charge in [0.2, 0.25) is 0 Å². The third-order valence-electron chi connectivity index (χ3n) is 1.55. The van der Waals surface area contributed by atoms with E-state index < -0.39 is 0 Å². The van der Waals surface area contributed by atoms with E-state index in [0.717, 1.165) is 12.2 Å². The highest BCUT2D eigenvalue weighted by Crippen LogP contribution is 2.16. The van der Waals surface area contributed by atoms with Gasteiger partial charge in [-0.3, -0.25) is 0 Å². The van der Waals surface area contributed by atoms with E-state index in [0.29, 0.717) is 18.2 Å². The monoisotopic (exact) mass is 198 g/mol. The van der Waals surface area contributed by atoms with Crippen molar-refractivity contribution in [2.45, 2.75) is 6.42 Å². The van der Waals surface area contributed by atoms with E-state index in [2.05, 4.69) is 11.2 Å². The second-order valence-corrected chi connectivity index (χ2v) is 3.57. The molecule has 0 atom stereocenters. The zero-order valence-electron chi connectivity index (χ0n) is 7.69. The molecule has 4 heteroatoms. The molecule has 0 aliphatic heterocycles. The Kier molecular flexibility index (Phi) is 4.46. The molecule has 0 spiro atoms. The molecule has 0 radical (unpaired) electrons. The van der Waals surface area contributed by atoms with Gasteiger partial charge in [-0.15, -0.1) is 0 Å². The lowest BCUT2D eigenvalue weighted by Crippen LogP contribution is -2.02. The van der Waals surface area contributed by atoms with Gasteiger partial charge in [-0.1, -0.05) is 0 Å². The number of nitrogen functional groups attached to an aromatic ring is 1. The van der Waals surface area contributed by atoms with Crippen molar-refractivity contribution in [1.82, 2.24) is 4.98 Å². The number of pyridine rings is 1. The van der Waals surface area contributed by atoms with Crippen molar-refractivity contribution in [3.05, 3.63) is 18.3 Å². The van der Waals surface area contributed by atoms with Gasteiger partial charge in [-0.2, -0.15) is 11.8 Å². The van der Waals surface area contributed by atoms with Gasteiger partial charge in [0, 0.05) is 6.20 Å². The zero-order chi connectivity index (χ0) is 9.52. The van der Waals surface area contributed by atoms with E-state index in [1.807, 2.05) is 23.9 Å². The quantitative estimate of drug-likeness (QED) is 0.733. The highest BCUT2D eigenvalue weighted by molar-refractivity contribution is 7.98. The Balaban J connectivity index is 2.32. The van der Waals surface area contributed by atoms with E-state index in [1.54, 1.807) is 6.20 Å². The number of thioether (sulfide) groups is 1. The fourth-order valence-electron chi connectivity index (χ4n) is 0.910. The third-order valence-corrected chi connectivity index (χ3v) is 2.25. The molecule has 0 fully saturated rings. The van der Waals surface area contributed by atoms with Crippen LogP contribution >= 0.6 is 11.8 Å². The molecular weight excluding hydrogens is 184 g/mol. The van der Waals surface area contributed by atoms with Crippen molar-refractivity contribution in [3.8, 4) is 5.75 Å². The topological polar surface area (TPSA) is 48.1 Å². The number of ether oxygens (including phenoxy) is 1. The first-order valence-corrected chi connectivity index (χ1v) is 5.56. The van der Waals surface area contributed by atoms with E-state index in [9.17, 15) is 0 Å². The summed E-state index contributed by atoms with van der Waals surface area (Å²) in [6.07, 6.45) is 4.78. The van der Waals surface area contributed by atoms with Gasteiger partial charge < -0.3 is 10.5 Å². The Bertz CT molecular complexity index is 255. The molecular formula is C9H14N2OS. The van der Waals surface area contributed by atoms with Crippen LogP contribution in [0.25, 0.3) is 0 Å². The molecule has 0 amide bonds. The number of hydrogen-bond donors (Lipinski definition) is 1. The number of nitrogens with zero attached hydrogens (tertiary/aromatic N) is 1. The number of anilines is 1. The van der Waals surface area contributed by atoms with Crippen molar-refractivity contribution in [1.29, 1.82) is 0 Å². The second kappa shape index (κ2) is 5.70. The highest BCUT2D eigenvalue weighted by Gasteiger charge is 1.98. The molecule has 0 unspecified atom stereocenters. The predicted octanol–water partition coefficient (Wildman–Crippen LogP) is 1.80. The van der Waals surface area contributed by atoms with Crippen LogP contribution in [0.1, 0.15) is 6.42 Å². The summed E-state index contributed by atoms with van der Waals surface area (Å²) < 4.78 is 5.44. The minimum Gasteiger partial charge on any atom is -0.490 e. The van der Waals surface area contributed by atoms with Gasteiger partial charge in [-0.05, 0) is 30.6 Å². The lowest BCUT2D eigenvalue weighted by Gasteiger charge is -2.06. The molecule has 1 rings (SSSR count). The van der Waals surface area contributed by atoms with Gasteiger partial charge in [0.15, 0.2) is 11.6 Å². The molecule has 13 heavy (non-hydrogen) atoms. The molecule has 0 aromatic carbocycles. The second-order valence-electron chi connectivity index (χ2n) is 2.58. The Morgan fingerprint density at radius 3 is 3.15 bits per heavy atom. The van der Waals surface area contributed by atoms with Crippen molar-refractivity contribution in [3.63, 3.8) is 0 Å². The van der Waals surface area contributed by atoms with Gasteiger partial charge in [0.05, 0.1) is 6.61 Å². The average molecular weight is 198 g/mol. The first-order chi connectivity index (χ1) is 6.34. The first kappa shape index (κ1) is 10.2. The SMILES string of the molecule is CSCCCOc1cccnc1N. The molecule has 0 aliphatic carbocycles. The third kappa shape index (κ3) is 3.55. The van der Waals surface area contributed by atoms with Crippen LogP contribution in [0.5, 0.6) is 5.75 Å². The Hall–Kier alpha value is -0.900. The maximum atomic E-state index is 5.59. The van der Waals surface area contributed by atoms with Crippen LogP contribution in [0, 0.1) is 0 Å². The number of rotatable bonds is 5. The molecule has 1 heterocycles. The molecule has 0 saturated carbocycles. The fraction of sp³-hybridized carbons (Fsp3) is 0.444. The summed E-state index contributed by atoms with van der Waals surface area (Å²) in [7, 11) is 0. The van der Waals surface area contributed by atoms with Crippen LogP contribution in [0.3, 0.4) is 0 Å². The van der Waals surface area contributed by atoms with Crippen molar-refractivity contribution < 1.29 is 4.74 Å². The van der Waals surface area contributed by atoms with Crippen LogP contribution in [-0.2, 0) is 0 Å². The van der Waals surface area contributed by atoms with E-state index in [-0.39, 0.29) is 0 Å². The molecule has 3 nitrogen and oxygen atoms in total. The fourth-order valence-corrected chi connectivity index (χ4v) is 1.32. The van der Waals surface area contributed by atoms with Gasteiger partial charge in [-0.25, -0.2) is 4.98 Å². The van der Waals surface area contributed by atoms with Crippen LogP contribution in [-0.4, -0.2) is 23.6 Å². The standard InChI is InChI=1S/C9H14N2OS/c1-13-7-3-6-12-8-4-2-5-11-9(8)10/h2,4-5H,3,6-7H2,1H3,(H2,10,11). The van der Waals surface area contributed by atoms with Gasteiger partial charge >= 0.3 is 0 Å². The molecule has 0 bridgehead atoms. The molecule has 72 valence electrons.